The van der Waals surface area contributed by atoms with Gasteiger partial charge in [0.05, 0.1) is 11.3 Å². The maximum absolute atomic E-state index is 11.8. The van der Waals surface area contributed by atoms with Gasteiger partial charge in [0.15, 0.2) is 0 Å². The predicted molar refractivity (Wildman–Crippen MR) is 80.1 cm³/mol. The van der Waals surface area contributed by atoms with Crippen molar-refractivity contribution in [3.63, 3.8) is 0 Å². The number of nitrogens with zero attached hydrogens (tertiary/aromatic N) is 2. The molecule has 0 aliphatic carbocycles. The third-order valence-corrected chi connectivity index (χ3v) is 3.78. The van der Waals surface area contributed by atoms with E-state index >= 15 is 0 Å². The number of aromatic amines is 1. The fourth-order valence-electron chi connectivity index (χ4n) is 2.25. The van der Waals surface area contributed by atoms with Crippen LogP contribution in [0.3, 0.4) is 0 Å². The molecule has 20 heavy (non-hydrogen) atoms. The first-order chi connectivity index (χ1) is 9.49. The second-order valence-corrected chi connectivity index (χ2v) is 5.55. The zero-order valence-corrected chi connectivity index (χ0v) is 12.5. The maximum atomic E-state index is 11.8. The second-order valence-electron chi connectivity index (χ2n) is 4.63. The lowest BCUT2D eigenvalue weighted by Crippen LogP contribution is -2.12. The Morgan fingerprint density at radius 3 is 2.80 bits per heavy atom. The first kappa shape index (κ1) is 12.9. The van der Waals surface area contributed by atoms with Crippen LogP contribution in [0.15, 0.2) is 33.5 Å². The van der Waals surface area contributed by atoms with Crippen molar-refractivity contribution >= 4 is 21.6 Å². The Bertz CT molecular complexity index is 880. The summed E-state index contributed by atoms with van der Waals surface area (Å²) >= 11 is 3.43. The van der Waals surface area contributed by atoms with Crippen LogP contribution in [0, 0.1) is 13.8 Å². The number of benzene rings is 1. The van der Waals surface area contributed by atoms with Gasteiger partial charge >= 0.3 is 0 Å². The van der Waals surface area contributed by atoms with Crippen molar-refractivity contribution in [2.24, 2.45) is 0 Å². The number of aryl methyl sites for hydroxylation is 1. The topological polar surface area (TPSA) is 70.4 Å². The summed E-state index contributed by atoms with van der Waals surface area (Å²) in [6, 6.07) is 7.71. The van der Waals surface area contributed by atoms with Crippen molar-refractivity contribution in [2.75, 3.05) is 0 Å². The smallest absolute Gasteiger partial charge is 0.257 e. The number of H-pyrrole nitrogens is 1. The summed E-state index contributed by atoms with van der Waals surface area (Å²) in [6.45, 7) is 3.40. The van der Waals surface area contributed by atoms with Crippen LogP contribution in [-0.4, -0.2) is 19.7 Å². The minimum atomic E-state index is -0.314. The van der Waals surface area contributed by atoms with E-state index in [2.05, 4.69) is 26.0 Å². The molecule has 0 aliphatic heterocycles. The molecule has 1 aromatic carbocycles. The van der Waals surface area contributed by atoms with Crippen molar-refractivity contribution < 1.29 is 5.11 Å². The first-order valence-corrected chi connectivity index (χ1v) is 6.85. The van der Waals surface area contributed by atoms with Crippen LogP contribution in [-0.2, 0) is 0 Å². The number of fused-ring (bicyclic) bond motifs is 1. The molecule has 2 N–H and O–H groups in total. The molecule has 0 amide bonds. The largest absolute Gasteiger partial charge is 0.493 e. The summed E-state index contributed by atoms with van der Waals surface area (Å²) in [6.07, 6.45) is 0. The van der Waals surface area contributed by atoms with E-state index in [1.165, 1.54) is 4.52 Å². The molecule has 0 saturated heterocycles. The molecule has 5 nitrogen and oxygen atoms in total. The number of hydrogen-bond donors (Lipinski definition) is 2. The Kier molecular flexibility index (Phi) is 2.90. The average molecular weight is 334 g/mol. The summed E-state index contributed by atoms with van der Waals surface area (Å²) < 4.78 is 2.30. The van der Waals surface area contributed by atoms with Gasteiger partial charge in [0, 0.05) is 10.0 Å². The van der Waals surface area contributed by atoms with Gasteiger partial charge in [0.25, 0.3) is 5.56 Å². The molecule has 0 radical (unpaired) electrons. The molecule has 2 aromatic heterocycles. The zero-order chi connectivity index (χ0) is 14.4. The summed E-state index contributed by atoms with van der Waals surface area (Å²) in [4.78, 5) is 14.6. The Balaban J connectivity index is 2.43. The monoisotopic (exact) mass is 333 g/mol. The Morgan fingerprint density at radius 1 is 1.35 bits per heavy atom. The molecule has 0 aliphatic rings. The SMILES string of the molecule is Cc1nn2c(O)c(C)c(=O)[nH]c2c1-c1cccc(Br)c1. The molecule has 0 spiro atoms. The fourth-order valence-corrected chi connectivity index (χ4v) is 2.65. The highest BCUT2D eigenvalue weighted by atomic mass is 79.9. The van der Waals surface area contributed by atoms with Gasteiger partial charge in [-0.2, -0.15) is 9.61 Å². The van der Waals surface area contributed by atoms with Crippen LogP contribution in [0.5, 0.6) is 5.88 Å². The number of rotatable bonds is 1. The molecule has 0 bridgehead atoms. The lowest BCUT2D eigenvalue weighted by molar-refractivity contribution is 0.429. The highest BCUT2D eigenvalue weighted by Gasteiger charge is 2.17. The molecule has 2 heterocycles. The molecule has 0 atom stereocenters. The molecule has 0 fully saturated rings. The van der Waals surface area contributed by atoms with Crippen molar-refractivity contribution in [3.05, 3.63) is 50.3 Å². The summed E-state index contributed by atoms with van der Waals surface area (Å²) in [5, 5.41) is 14.4. The maximum Gasteiger partial charge on any atom is 0.257 e. The normalized spacial score (nSPS) is 11.2. The van der Waals surface area contributed by atoms with Gasteiger partial charge < -0.3 is 10.1 Å². The lowest BCUT2D eigenvalue weighted by atomic mass is 10.1. The van der Waals surface area contributed by atoms with E-state index in [9.17, 15) is 9.90 Å². The van der Waals surface area contributed by atoms with Crippen molar-refractivity contribution in [1.29, 1.82) is 0 Å². The van der Waals surface area contributed by atoms with Gasteiger partial charge in [-0.3, -0.25) is 4.79 Å². The van der Waals surface area contributed by atoms with Crippen molar-refractivity contribution in [1.82, 2.24) is 14.6 Å². The number of aromatic nitrogens is 3. The van der Waals surface area contributed by atoms with Crippen LogP contribution in [0.4, 0.5) is 0 Å². The van der Waals surface area contributed by atoms with E-state index in [4.69, 9.17) is 0 Å². The van der Waals surface area contributed by atoms with Gasteiger partial charge in [-0.25, -0.2) is 0 Å². The van der Waals surface area contributed by atoms with Gasteiger partial charge in [-0.1, -0.05) is 28.1 Å². The fraction of sp³-hybridized carbons (Fsp3) is 0.143. The quantitative estimate of drug-likeness (QED) is 0.719. The van der Waals surface area contributed by atoms with Crippen LogP contribution in [0.1, 0.15) is 11.3 Å². The third kappa shape index (κ3) is 1.84. The van der Waals surface area contributed by atoms with Gasteiger partial charge in [0.2, 0.25) is 5.88 Å². The Morgan fingerprint density at radius 2 is 2.10 bits per heavy atom. The van der Waals surface area contributed by atoms with Crippen molar-refractivity contribution in [3.8, 4) is 17.0 Å². The zero-order valence-electron chi connectivity index (χ0n) is 10.9. The van der Waals surface area contributed by atoms with E-state index in [-0.39, 0.29) is 17.0 Å². The minimum absolute atomic E-state index is 0.131. The molecule has 3 aromatic rings. The highest BCUT2D eigenvalue weighted by molar-refractivity contribution is 9.10. The number of halogens is 1. The lowest BCUT2D eigenvalue weighted by Gasteiger charge is -2.03. The van der Waals surface area contributed by atoms with E-state index in [1.54, 1.807) is 6.92 Å². The van der Waals surface area contributed by atoms with E-state index in [0.29, 0.717) is 5.65 Å². The van der Waals surface area contributed by atoms with E-state index in [0.717, 1.165) is 21.3 Å². The van der Waals surface area contributed by atoms with Crippen LogP contribution < -0.4 is 5.56 Å². The molecule has 0 saturated carbocycles. The Hall–Kier alpha value is -2.08. The van der Waals surface area contributed by atoms with Crippen LogP contribution in [0.25, 0.3) is 16.8 Å². The van der Waals surface area contributed by atoms with Gasteiger partial charge in [0.1, 0.15) is 5.65 Å². The minimum Gasteiger partial charge on any atom is -0.493 e. The third-order valence-electron chi connectivity index (χ3n) is 3.28. The second kappa shape index (κ2) is 4.49. The van der Waals surface area contributed by atoms with Gasteiger partial charge in [-0.15, -0.1) is 0 Å². The Labute approximate surface area is 123 Å². The standard InChI is InChI=1S/C14H12BrN3O2/c1-7-13(19)16-12-11(8(2)17-18(12)14(7)20)9-4-3-5-10(15)6-9/h3-6,20H,1-2H3,(H,16,19). The number of hydrogen-bond acceptors (Lipinski definition) is 3. The van der Waals surface area contributed by atoms with E-state index < -0.39 is 0 Å². The number of nitrogens with one attached hydrogen (secondary N) is 1. The molecule has 0 unspecified atom stereocenters. The van der Waals surface area contributed by atoms with E-state index in [1.807, 2.05) is 31.2 Å². The first-order valence-electron chi connectivity index (χ1n) is 6.06. The molecular formula is C14H12BrN3O2. The van der Waals surface area contributed by atoms with Crippen molar-refractivity contribution in [2.45, 2.75) is 13.8 Å². The number of aromatic hydroxyl groups is 1. The average Bonchev–Trinajstić information content (AvgIpc) is 2.73. The van der Waals surface area contributed by atoms with Crippen LogP contribution in [0.2, 0.25) is 0 Å². The molecule has 102 valence electrons. The summed E-state index contributed by atoms with van der Waals surface area (Å²) in [5.74, 6) is -0.131. The highest BCUT2D eigenvalue weighted by Crippen LogP contribution is 2.30. The summed E-state index contributed by atoms with van der Waals surface area (Å²) in [5.41, 5.74) is 2.89. The molecule has 3 rings (SSSR count). The predicted octanol–water partition coefficient (Wildman–Crippen LogP) is 2.77. The molecular weight excluding hydrogens is 322 g/mol. The van der Waals surface area contributed by atoms with Gasteiger partial charge in [-0.05, 0) is 31.5 Å². The summed E-state index contributed by atoms with van der Waals surface area (Å²) in [7, 11) is 0. The molecule has 6 heteroatoms. The van der Waals surface area contributed by atoms with Crippen LogP contribution >= 0.6 is 15.9 Å².